The number of phenols is 1. The summed E-state index contributed by atoms with van der Waals surface area (Å²) in [4.78, 5) is 24.8. The molecule has 0 bridgehead atoms. The molecule has 28 heavy (non-hydrogen) atoms. The Hall–Kier alpha value is -3.42. The van der Waals surface area contributed by atoms with Crippen molar-refractivity contribution in [2.45, 2.75) is 25.7 Å². The quantitative estimate of drug-likeness (QED) is 0.435. The van der Waals surface area contributed by atoms with Crippen LogP contribution in [0.1, 0.15) is 30.4 Å². The maximum Gasteiger partial charge on any atom is 0.270 e. The summed E-state index contributed by atoms with van der Waals surface area (Å²) in [7, 11) is 0. The first-order chi connectivity index (χ1) is 13.5. The van der Waals surface area contributed by atoms with Gasteiger partial charge in [-0.05, 0) is 37.0 Å². The number of phenolic OH excluding ortho intramolecular Hbond substituents is 1. The average molecular weight is 382 g/mol. The molecule has 0 radical (unpaired) electrons. The maximum atomic E-state index is 12.0. The van der Waals surface area contributed by atoms with Crippen LogP contribution in [0.3, 0.4) is 0 Å². The standard InChI is InChI=1S/C20H22N4O4/c25-19-6-2-1-5-15(19)7-10-20(26)22-21-14-16-13-17(24(27)28)8-9-18(16)23-11-3-4-12-23/h1-2,5-6,8-9,13-14,25H,3-4,7,10-12H2,(H,22,26)/b21-14-. The molecule has 2 N–H and O–H groups in total. The third-order valence-corrected chi connectivity index (χ3v) is 4.67. The van der Waals surface area contributed by atoms with E-state index in [0.717, 1.165) is 31.6 Å². The molecule has 8 nitrogen and oxygen atoms in total. The Bertz CT molecular complexity index is 892. The Morgan fingerprint density at radius 3 is 2.71 bits per heavy atom. The zero-order valence-electron chi connectivity index (χ0n) is 15.4. The normalized spacial score (nSPS) is 13.8. The molecule has 3 rings (SSSR count). The Morgan fingerprint density at radius 2 is 2.00 bits per heavy atom. The number of non-ortho nitro benzene ring substituents is 1. The molecule has 1 saturated heterocycles. The molecule has 146 valence electrons. The third kappa shape index (κ3) is 4.85. The Balaban J connectivity index is 1.65. The predicted molar refractivity (Wildman–Crippen MR) is 107 cm³/mol. The fourth-order valence-electron chi connectivity index (χ4n) is 3.21. The van der Waals surface area contributed by atoms with Crippen molar-refractivity contribution in [3.63, 3.8) is 0 Å². The van der Waals surface area contributed by atoms with E-state index in [0.29, 0.717) is 17.5 Å². The summed E-state index contributed by atoms with van der Waals surface area (Å²) >= 11 is 0. The molecule has 0 saturated carbocycles. The van der Waals surface area contributed by atoms with Gasteiger partial charge in [0.15, 0.2) is 0 Å². The fourth-order valence-corrected chi connectivity index (χ4v) is 3.21. The van der Waals surface area contributed by atoms with E-state index in [1.54, 1.807) is 30.3 Å². The molecule has 0 unspecified atom stereocenters. The second-order valence-corrected chi connectivity index (χ2v) is 6.62. The third-order valence-electron chi connectivity index (χ3n) is 4.67. The van der Waals surface area contributed by atoms with Crippen molar-refractivity contribution >= 4 is 23.5 Å². The van der Waals surface area contributed by atoms with E-state index >= 15 is 0 Å². The lowest BCUT2D eigenvalue weighted by molar-refractivity contribution is -0.384. The predicted octanol–water partition coefficient (Wildman–Crippen LogP) is 2.98. The number of carbonyl (C=O) groups is 1. The summed E-state index contributed by atoms with van der Waals surface area (Å²) in [6.07, 6.45) is 4.17. The van der Waals surface area contributed by atoms with Crippen molar-refractivity contribution in [3.8, 4) is 5.75 Å². The maximum absolute atomic E-state index is 12.0. The summed E-state index contributed by atoms with van der Waals surface area (Å²) < 4.78 is 0. The minimum Gasteiger partial charge on any atom is -0.508 e. The number of rotatable bonds is 7. The summed E-state index contributed by atoms with van der Waals surface area (Å²) in [6.45, 7) is 1.79. The highest BCUT2D eigenvalue weighted by Crippen LogP contribution is 2.27. The molecule has 1 amide bonds. The number of hydrogen-bond acceptors (Lipinski definition) is 6. The number of hydrogen-bond donors (Lipinski definition) is 2. The van der Waals surface area contributed by atoms with Gasteiger partial charge >= 0.3 is 0 Å². The molecule has 2 aromatic carbocycles. The molecule has 2 aromatic rings. The Morgan fingerprint density at radius 1 is 1.25 bits per heavy atom. The van der Waals surface area contributed by atoms with Gasteiger partial charge in [0.1, 0.15) is 5.75 Å². The van der Waals surface area contributed by atoms with Crippen molar-refractivity contribution in [1.82, 2.24) is 5.43 Å². The second-order valence-electron chi connectivity index (χ2n) is 6.62. The van der Waals surface area contributed by atoms with Crippen LogP contribution in [0.15, 0.2) is 47.6 Å². The molecule has 1 aliphatic rings. The topological polar surface area (TPSA) is 108 Å². The zero-order chi connectivity index (χ0) is 19.9. The fraction of sp³-hybridized carbons (Fsp3) is 0.300. The molecule has 8 heteroatoms. The van der Waals surface area contributed by atoms with Crippen molar-refractivity contribution in [3.05, 3.63) is 63.7 Å². The zero-order valence-corrected chi connectivity index (χ0v) is 15.4. The van der Waals surface area contributed by atoms with Gasteiger partial charge in [0.2, 0.25) is 5.91 Å². The SMILES string of the molecule is O=C(CCc1ccccc1O)N/N=C\c1cc([N+](=O)[O-])ccc1N1CCCC1. The molecule has 0 aromatic heterocycles. The van der Waals surface area contributed by atoms with E-state index in [4.69, 9.17) is 0 Å². The van der Waals surface area contributed by atoms with Gasteiger partial charge in [-0.2, -0.15) is 5.10 Å². The lowest BCUT2D eigenvalue weighted by atomic mass is 10.1. The first-order valence-corrected chi connectivity index (χ1v) is 9.17. The van der Waals surface area contributed by atoms with Crippen molar-refractivity contribution < 1.29 is 14.8 Å². The van der Waals surface area contributed by atoms with E-state index in [9.17, 15) is 20.0 Å². The lowest BCUT2D eigenvalue weighted by Crippen LogP contribution is -2.20. The van der Waals surface area contributed by atoms with Crippen molar-refractivity contribution in [2.24, 2.45) is 5.10 Å². The van der Waals surface area contributed by atoms with Crippen molar-refractivity contribution in [2.75, 3.05) is 18.0 Å². The van der Waals surface area contributed by atoms with Gasteiger partial charge in [0.05, 0.1) is 11.1 Å². The molecule has 1 fully saturated rings. The van der Waals surface area contributed by atoms with Crippen LogP contribution < -0.4 is 10.3 Å². The van der Waals surface area contributed by atoms with Gasteiger partial charge in [0, 0.05) is 42.9 Å². The van der Waals surface area contributed by atoms with Gasteiger partial charge in [-0.15, -0.1) is 0 Å². The van der Waals surface area contributed by atoms with Crippen LogP contribution in [0.2, 0.25) is 0 Å². The highest BCUT2D eigenvalue weighted by molar-refractivity contribution is 5.90. The number of nitro groups is 1. The average Bonchev–Trinajstić information content (AvgIpc) is 3.22. The van der Waals surface area contributed by atoms with Crippen LogP contribution in [0.25, 0.3) is 0 Å². The van der Waals surface area contributed by atoms with Gasteiger partial charge in [0.25, 0.3) is 5.69 Å². The molecule has 1 heterocycles. The monoisotopic (exact) mass is 382 g/mol. The summed E-state index contributed by atoms with van der Waals surface area (Å²) in [5.41, 5.74) is 4.59. The smallest absolute Gasteiger partial charge is 0.270 e. The second kappa shape index (κ2) is 8.98. The highest BCUT2D eigenvalue weighted by atomic mass is 16.6. The number of anilines is 1. The number of hydrazone groups is 1. The number of aromatic hydroxyl groups is 1. The summed E-state index contributed by atoms with van der Waals surface area (Å²) in [6, 6.07) is 11.5. The first kappa shape index (κ1) is 19.3. The Kier molecular flexibility index (Phi) is 6.21. The minimum atomic E-state index is -0.448. The number of nitrogens with one attached hydrogen (secondary N) is 1. The summed E-state index contributed by atoms with van der Waals surface area (Å²) in [5, 5.41) is 24.8. The molecular weight excluding hydrogens is 360 g/mol. The van der Waals surface area contributed by atoms with Gasteiger partial charge in [-0.3, -0.25) is 14.9 Å². The van der Waals surface area contributed by atoms with Crippen LogP contribution in [0.4, 0.5) is 11.4 Å². The first-order valence-electron chi connectivity index (χ1n) is 9.17. The number of amides is 1. The Labute approximate surface area is 162 Å². The van der Waals surface area contributed by atoms with Crippen molar-refractivity contribution in [1.29, 1.82) is 0 Å². The van der Waals surface area contributed by atoms with Crippen LogP contribution >= 0.6 is 0 Å². The number of nitrogens with zero attached hydrogens (tertiary/aromatic N) is 3. The van der Waals surface area contributed by atoms with Crippen LogP contribution in [0, 0.1) is 10.1 Å². The minimum absolute atomic E-state index is 0.0183. The number of carbonyl (C=O) groups excluding carboxylic acids is 1. The number of para-hydroxylation sites is 1. The van der Waals surface area contributed by atoms with Crippen LogP contribution in [-0.4, -0.2) is 35.2 Å². The van der Waals surface area contributed by atoms with Gasteiger partial charge in [-0.25, -0.2) is 5.43 Å². The highest BCUT2D eigenvalue weighted by Gasteiger charge is 2.18. The van der Waals surface area contributed by atoms with E-state index in [-0.39, 0.29) is 23.8 Å². The lowest BCUT2D eigenvalue weighted by Gasteiger charge is -2.19. The van der Waals surface area contributed by atoms with E-state index in [1.165, 1.54) is 18.3 Å². The van der Waals surface area contributed by atoms with E-state index < -0.39 is 4.92 Å². The number of benzene rings is 2. The van der Waals surface area contributed by atoms with Gasteiger partial charge in [-0.1, -0.05) is 18.2 Å². The van der Waals surface area contributed by atoms with Crippen LogP contribution in [-0.2, 0) is 11.2 Å². The largest absolute Gasteiger partial charge is 0.508 e. The molecule has 0 atom stereocenters. The molecular formula is C20H22N4O4. The molecule has 1 aliphatic heterocycles. The summed E-state index contributed by atoms with van der Waals surface area (Å²) in [5.74, 6) is -0.140. The number of nitro benzene ring substituents is 1. The van der Waals surface area contributed by atoms with E-state index in [1.807, 2.05) is 0 Å². The number of aryl methyl sites for hydroxylation is 1. The molecule has 0 spiro atoms. The molecule has 0 aliphatic carbocycles. The van der Waals surface area contributed by atoms with Crippen LogP contribution in [0.5, 0.6) is 5.75 Å². The van der Waals surface area contributed by atoms with Gasteiger partial charge < -0.3 is 10.0 Å². The van der Waals surface area contributed by atoms with E-state index in [2.05, 4.69) is 15.4 Å².